The molecule has 0 heterocycles. The van der Waals surface area contributed by atoms with Crippen LogP contribution in [0.5, 0.6) is 0 Å². The van der Waals surface area contributed by atoms with Gasteiger partial charge in [-0.3, -0.25) is 4.79 Å². The second-order valence-electron chi connectivity index (χ2n) is 2.60. The van der Waals surface area contributed by atoms with Crippen molar-refractivity contribution < 1.29 is 6.17 Å². The van der Waals surface area contributed by atoms with E-state index in [1.165, 1.54) is 0 Å². The standard InChI is InChI=1S/C11H8O/c12-8-10-6-3-5-9-4-1-2-7-11(9)10/h1-8H/i6D. The third kappa shape index (κ3) is 0.996. The molecule has 2 rings (SSSR count). The third-order valence-corrected chi connectivity index (χ3v) is 1.87. The number of hydrogen-bond donors (Lipinski definition) is 0. The number of aldehydes is 1. The molecular weight excluding hydrogens is 148 g/mol. The Kier molecular flexibility index (Phi) is 1.38. The van der Waals surface area contributed by atoms with Gasteiger partial charge in [0.05, 0.1) is 1.37 Å². The van der Waals surface area contributed by atoms with Crippen molar-refractivity contribution in [3.8, 4) is 0 Å². The predicted octanol–water partition coefficient (Wildman–Crippen LogP) is 2.65. The molecule has 1 nitrogen and oxygen atoms in total. The topological polar surface area (TPSA) is 17.1 Å². The molecule has 0 bridgehead atoms. The Bertz CT molecular complexity index is 463. The highest BCUT2D eigenvalue weighted by Gasteiger charge is 1.96. The van der Waals surface area contributed by atoms with Gasteiger partial charge in [0, 0.05) is 5.56 Å². The van der Waals surface area contributed by atoms with Crippen molar-refractivity contribution in [3.63, 3.8) is 0 Å². The number of carbonyl (C=O) groups is 1. The molecule has 2 aromatic rings. The van der Waals surface area contributed by atoms with Gasteiger partial charge in [-0.05, 0) is 10.8 Å². The largest absolute Gasteiger partial charge is 0.298 e. The Labute approximate surface area is 72.0 Å². The normalized spacial score (nSPS) is 11.2. The summed E-state index contributed by atoms with van der Waals surface area (Å²) < 4.78 is 7.52. The number of carbonyl (C=O) groups excluding carboxylic acids is 1. The highest BCUT2D eigenvalue weighted by Crippen LogP contribution is 2.16. The molecule has 0 aliphatic heterocycles. The molecule has 12 heavy (non-hydrogen) atoms. The van der Waals surface area contributed by atoms with Gasteiger partial charge in [-0.1, -0.05) is 42.4 Å². The molecule has 0 N–H and O–H groups in total. The van der Waals surface area contributed by atoms with Crippen LogP contribution in [0.1, 0.15) is 11.7 Å². The van der Waals surface area contributed by atoms with E-state index in [9.17, 15) is 4.79 Å². The summed E-state index contributed by atoms with van der Waals surface area (Å²) in [6.07, 6.45) is 0.741. The summed E-state index contributed by atoms with van der Waals surface area (Å²) in [5.41, 5.74) is 0.470. The Morgan fingerprint density at radius 1 is 1.17 bits per heavy atom. The molecule has 0 atom stereocenters. The van der Waals surface area contributed by atoms with Crippen molar-refractivity contribution in [2.75, 3.05) is 0 Å². The van der Waals surface area contributed by atoms with Gasteiger partial charge in [-0.25, -0.2) is 0 Å². The third-order valence-electron chi connectivity index (χ3n) is 1.87. The number of hydrogen-bond acceptors (Lipinski definition) is 1. The lowest BCUT2D eigenvalue weighted by molar-refractivity contribution is 0.112. The Morgan fingerprint density at radius 3 is 2.75 bits per heavy atom. The van der Waals surface area contributed by atoms with Gasteiger partial charge in [0.2, 0.25) is 0 Å². The molecule has 0 fully saturated rings. The van der Waals surface area contributed by atoms with E-state index in [0.717, 1.165) is 17.1 Å². The lowest BCUT2D eigenvalue weighted by atomic mass is 10.1. The average Bonchev–Trinajstić information content (AvgIpc) is 2.18. The molecule has 1 heteroatoms. The minimum absolute atomic E-state index is 0.286. The first-order valence-electron chi connectivity index (χ1n) is 4.26. The lowest BCUT2D eigenvalue weighted by Gasteiger charge is -1.98. The molecule has 0 saturated heterocycles. The van der Waals surface area contributed by atoms with Crippen molar-refractivity contribution in [2.24, 2.45) is 0 Å². The maximum Gasteiger partial charge on any atom is 0.150 e. The van der Waals surface area contributed by atoms with Crippen molar-refractivity contribution in [2.45, 2.75) is 0 Å². The molecule has 0 saturated carbocycles. The second kappa shape index (κ2) is 2.78. The molecule has 2 aromatic carbocycles. The summed E-state index contributed by atoms with van der Waals surface area (Å²) in [4.78, 5) is 10.7. The Morgan fingerprint density at radius 2 is 1.92 bits per heavy atom. The average molecular weight is 157 g/mol. The SMILES string of the molecule is [2H]c1ccc2ccccc2c1C=O. The summed E-state index contributed by atoms with van der Waals surface area (Å²) in [5.74, 6) is 0. The van der Waals surface area contributed by atoms with Crippen molar-refractivity contribution in [1.29, 1.82) is 0 Å². The van der Waals surface area contributed by atoms with Crippen molar-refractivity contribution in [3.05, 3.63) is 48.0 Å². The maximum absolute atomic E-state index is 10.7. The van der Waals surface area contributed by atoms with Crippen LogP contribution in [0.2, 0.25) is 0 Å². The van der Waals surface area contributed by atoms with E-state index in [1.54, 1.807) is 6.07 Å². The van der Waals surface area contributed by atoms with Crippen LogP contribution >= 0.6 is 0 Å². The van der Waals surface area contributed by atoms with Gasteiger partial charge >= 0.3 is 0 Å². The smallest absolute Gasteiger partial charge is 0.150 e. The van der Waals surface area contributed by atoms with Crippen LogP contribution in [0.3, 0.4) is 0 Å². The highest BCUT2D eigenvalue weighted by atomic mass is 16.1. The van der Waals surface area contributed by atoms with E-state index in [-0.39, 0.29) is 6.04 Å². The quantitative estimate of drug-likeness (QED) is 0.581. The number of fused-ring (bicyclic) bond motifs is 1. The van der Waals surface area contributed by atoms with Crippen molar-refractivity contribution in [1.82, 2.24) is 0 Å². The molecule has 0 spiro atoms. The van der Waals surface area contributed by atoms with E-state index >= 15 is 0 Å². The molecule has 0 radical (unpaired) electrons. The van der Waals surface area contributed by atoms with Gasteiger partial charge in [0.25, 0.3) is 0 Å². The van der Waals surface area contributed by atoms with Gasteiger partial charge in [0.15, 0.2) is 6.29 Å². The molecule has 0 unspecified atom stereocenters. The molecular formula is C11H8O. The minimum atomic E-state index is 0.286. The number of benzene rings is 2. The summed E-state index contributed by atoms with van der Waals surface area (Å²) in [6.45, 7) is 0. The molecule has 0 aliphatic carbocycles. The predicted molar refractivity (Wildman–Crippen MR) is 49.3 cm³/mol. The van der Waals surface area contributed by atoms with E-state index < -0.39 is 0 Å². The second-order valence-corrected chi connectivity index (χ2v) is 2.60. The van der Waals surface area contributed by atoms with Crippen LogP contribution in [0, 0.1) is 0 Å². The van der Waals surface area contributed by atoms with E-state index in [4.69, 9.17) is 1.37 Å². The zero-order valence-corrected chi connectivity index (χ0v) is 6.45. The maximum atomic E-state index is 10.7. The molecule has 0 aromatic heterocycles. The van der Waals surface area contributed by atoms with Crippen LogP contribution < -0.4 is 0 Å². The van der Waals surface area contributed by atoms with Gasteiger partial charge in [0.1, 0.15) is 0 Å². The first-order valence-corrected chi connectivity index (χ1v) is 3.76. The summed E-state index contributed by atoms with van der Waals surface area (Å²) in [6, 6.07) is 11.4. The lowest BCUT2D eigenvalue weighted by Crippen LogP contribution is -1.81. The first kappa shape index (κ1) is 5.95. The Hall–Kier alpha value is -1.63. The van der Waals surface area contributed by atoms with Gasteiger partial charge < -0.3 is 0 Å². The monoisotopic (exact) mass is 157 g/mol. The Balaban J connectivity index is 2.91. The zero-order valence-electron chi connectivity index (χ0n) is 7.45. The fraction of sp³-hybridized carbons (Fsp3) is 0. The zero-order chi connectivity index (χ0) is 9.26. The molecule has 58 valence electrons. The van der Waals surface area contributed by atoms with E-state index in [0.29, 0.717) is 5.56 Å². The van der Waals surface area contributed by atoms with Crippen LogP contribution in [0.4, 0.5) is 0 Å². The van der Waals surface area contributed by atoms with Gasteiger partial charge in [-0.15, -0.1) is 0 Å². The van der Waals surface area contributed by atoms with Crippen LogP contribution in [0.15, 0.2) is 42.4 Å². The molecule has 0 aliphatic rings. The van der Waals surface area contributed by atoms with Crippen LogP contribution in [-0.2, 0) is 0 Å². The fourth-order valence-electron chi connectivity index (χ4n) is 1.28. The minimum Gasteiger partial charge on any atom is -0.298 e. The highest BCUT2D eigenvalue weighted by molar-refractivity contribution is 5.97. The van der Waals surface area contributed by atoms with Gasteiger partial charge in [-0.2, -0.15) is 0 Å². The van der Waals surface area contributed by atoms with Crippen LogP contribution in [-0.4, -0.2) is 6.29 Å². The number of rotatable bonds is 1. The summed E-state index contributed by atoms with van der Waals surface area (Å²) in [7, 11) is 0. The first-order chi connectivity index (χ1) is 6.33. The summed E-state index contributed by atoms with van der Waals surface area (Å²) in [5, 5.41) is 1.85. The van der Waals surface area contributed by atoms with E-state index in [2.05, 4.69) is 0 Å². The van der Waals surface area contributed by atoms with E-state index in [1.807, 2.05) is 30.3 Å². The fourth-order valence-corrected chi connectivity index (χ4v) is 1.28. The van der Waals surface area contributed by atoms with Crippen molar-refractivity contribution >= 4 is 17.1 Å². The summed E-state index contributed by atoms with van der Waals surface area (Å²) >= 11 is 0. The molecule has 0 amide bonds. The van der Waals surface area contributed by atoms with Crippen LogP contribution in [0.25, 0.3) is 10.8 Å².